The summed E-state index contributed by atoms with van der Waals surface area (Å²) in [5.41, 5.74) is 0.463. The van der Waals surface area contributed by atoms with Crippen LogP contribution in [0.1, 0.15) is 17.3 Å². The number of hydrogen-bond donors (Lipinski definition) is 0. The van der Waals surface area contributed by atoms with Gasteiger partial charge in [-0.05, 0) is 17.4 Å². The van der Waals surface area contributed by atoms with Crippen molar-refractivity contribution >= 4 is 11.6 Å². The molecule has 6 nitrogen and oxygen atoms in total. The zero-order chi connectivity index (χ0) is 12.3. The topological polar surface area (TPSA) is 83.6 Å². The normalized spacial score (nSPS) is 16.1. The second kappa shape index (κ2) is 4.73. The van der Waals surface area contributed by atoms with Crippen molar-refractivity contribution in [2.75, 3.05) is 0 Å². The average Bonchev–Trinajstić information content (AvgIpc) is 2.83. The highest BCUT2D eigenvalue weighted by atomic mass is 16.2. The molecule has 1 aromatic carbocycles. The summed E-state index contributed by atoms with van der Waals surface area (Å²) in [4.78, 5) is 23.7. The molecule has 0 saturated carbocycles. The first-order valence-corrected chi connectivity index (χ1v) is 5.10. The summed E-state index contributed by atoms with van der Waals surface area (Å²) in [6, 6.07) is 8.59. The van der Waals surface area contributed by atoms with E-state index in [0.29, 0.717) is 5.56 Å². The maximum Gasteiger partial charge on any atom is 0.202 e. The number of rotatable bonds is 4. The van der Waals surface area contributed by atoms with Crippen molar-refractivity contribution in [3.05, 3.63) is 35.9 Å². The lowest BCUT2D eigenvalue weighted by Crippen LogP contribution is -2.31. The molecule has 0 fully saturated rings. The summed E-state index contributed by atoms with van der Waals surface area (Å²) in [5.74, 6) is -1.53. The van der Waals surface area contributed by atoms with E-state index in [-0.39, 0.29) is 11.6 Å². The highest BCUT2D eigenvalue weighted by Crippen LogP contribution is 2.21. The van der Waals surface area contributed by atoms with Crippen molar-refractivity contribution < 1.29 is 9.59 Å². The molecule has 2 rings (SSSR count). The number of ketones is 2. The van der Waals surface area contributed by atoms with Crippen LogP contribution in [0.15, 0.2) is 51.0 Å². The molecule has 1 aliphatic rings. The fraction of sp³-hybridized carbons (Fsp3) is 0.273. The first kappa shape index (κ1) is 11.3. The van der Waals surface area contributed by atoms with Gasteiger partial charge in [-0.25, -0.2) is 0 Å². The molecule has 6 heteroatoms. The maximum atomic E-state index is 12.1. The average molecular weight is 230 g/mol. The summed E-state index contributed by atoms with van der Waals surface area (Å²) in [7, 11) is 0. The summed E-state index contributed by atoms with van der Waals surface area (Å²) in [6.45, 7) is 1.34. The molecular formula is C11H10N4O2. The Morgan fingerprint density at radius 1 is 1.12 bits per heavy atom. The third-order valence-corrected chi connectivity index (χ3v) is 2.46. The largest absolute Gasteiger partial charge is 0.299 e. The number of hydrogen-bond acceptors (Lipinski definition) is 6. The zero-order valence-electron chi connectivity index (χ0n) is 9.15. The Labute approximate surface area is 97.4 Å². The van der Waals surface area contributed by atoms with Crippen LogP contribution in [-0.2, 0) is 4.79 Å². The van der Waals surface area contributed by atoms with Gasteiger partial charge >= 0.3 is 0 Å². The predicted molar refractivity (Wildman–Crippen MR) is 58.4 cm³/mol. The van der Waals surface area contributed by atoms with Gasteiger partial charge in [-0.15, -0.1) is 10.2 Å². The van der Waals surface area contributed by atoms with E-state index >= 15 is 0 Å². The summed E-state index contributed by atoms with van der Waals surface area (Å²) >= 11 is 0. The highest BCUT2D eigenvalue weighted by Gasteiger charge is 2.34. The van der Waals surface area contributed by atoms with Crippen LogP contribution in [-0.4, -0.2) is 17.7 Å². The van der Waals surface area contributed by atoms with Crippen LogP contribution in [0.25, 0.3) is 0 Å². The SMILES string of the molecule is CC(=O)C(C(=O)c1ccccc1)C1N=NN=N1. The first-order valence-electron chi connectivity index (χ1n) is 5.10. The molecule has 0 saturated heterocycles. The van der Waals surface area contributed by atoms with E-state index in [1.807, 2.05) is 0 Å². The summed E-state index contributed by atoms with van der Waals surface area (Å²) in [6.07, 6.45) is -0.819. The Morgan fingerprint density at radius 3 is 2.24 bits per heavy atom. The monoisotopic (exact) mass is 230 g/mol. The Bertz CT molecular complexity index is 483. The van der Waals surface area contributed by atoms with Gasteiger partial charge in [0.15, 0.2) is 5.78 Å². The molecule has 0 aliphatic carbocycles. The fourth-order valence-corrected chi connectivity index (χ4v) is 1.62. The number of carbonyl (C=O) groups excluding carboxylic acids is 2. The van der Waals surface area contributed by atoms with Gasteiger partial charge in [0.2, 0.25) is 6.17 Å². The van der Waals surface area contributed by atoms with Gasteiger partial charge in [0, 0.05) is 5.56 Å². The number of Topliss-reactive ketones (excluding diaryl/α,β-unsaturated/α-hetero) is 2. The lowest BCUT2D eigenvalue weighted by atomic mass is 9.92. The Morgan fingerprint density at radius 2 is 1.71 bits per heavy atom. The van der Waals surface area contributed by atoms with Crippen LogP contribution in [0.3, 0.4) is 0 Å². The van der Waals surface area contributed by atoms with Crippen molar-refractivity contribution in [1.29, 1.82) is 0 Å². The van der Waals surface area contributed by atoms with Gasteiger partial charge in [0.25, 0.3) is 0 Å². The second-order valence-corrected chi connectivity index (χ2v) is 3.64. The van der Waals surface area contributed by atoms with E-state index in [4.69, 9.17) is 0 Å². The van der Waals surface area contributed by atoms with Crippen LogP contribution >= 0.6 is 0 Å². The Balaban J connectivity index is 2.29. The standard InChI is InChI=1S/C11H10N4O2/c1-7(16)9(11-12-14-15-13-11)10(17)8-5-3-2-4-6-8/h2-6,9,11H,1H3. The van der Waals surface area contributed by atoms with Crippen molar-refractivity contribution in [3.8, 4) is 0 Å². The van der Waals surface area contributed by atoms with Gasteiger partial charge in [-0.3, -0.25) is 9.59 Å². The highest BCUT2D eigenvalue weighted by molar-refractivity contribution is 6.10. The molecule has 0 bridgehead atoms. The molecule has 0 aromatic heterocycles. The minimum atomic E-state index is -0.938. The molecule has 0 N–H and O–H groups in total. The lowest BCUT2D eigenvalue weighted by molar-refractivity contribution is -0.119. The minimum Gasteiger partial charge on any atom is -0.299 e. The smallest absolute Gasteiger partial charge is 0.202 e. The van der Waals surface area contributed by atoms with Gasteiger partial charge in [-0.1, -0.05) is 30.3 Å². The van der Waals surface area contributed by atoms with Crippen LogP contribution in [0.4, 0.5) is 0 Å². The number of nitrogens with zero attached hydrogens (tertiary/aromatic N) is 4. The molecule has 1 heterocycles. The fourth-order valence-electron chi connectivity index (χ4n) is 1.62. The van der Waals surface area contributed by atoms with Crippen molar-refractivity contribution in [3.63, 3.8) is 0 Å². The van der Waals surface area contributed by atoms with Crippen molar-refractivity contribution in [2.45, 2.75) is 13.1 Å². The van der Waals surface area contributed by atoms with Crippen LogP contribution in [0.5, 0.6) is 0 Å². The van der Waals surface area contributed by atoms with E-state index in [1.54, 1.807) is 30.3 Å². The van der Waals surface area contributed by atoms with Crippen LogP contribution < -0.4 is 0 Å². The second-order valence-electron chi connectivity index (χ2n) is 3.64. The quantitative estimate of drug-likeness (QED) is 0.586. The molecule has 1 aliphatic heterocycles. The van der Waals surface area contributed by atoms with E-state index in [9.17, 15) is 9.59 Å². The Kier molecular flexibility index (Phi) is 3.13. The maximum absolute atomic E-state index is 12.1. The van der Waals surface area contributed by atoms with Crippen LogP contribution in [0.2, 0.25) is 0 Å². The van der Waals surface area contributed by atoms with Gasteiger partial charge in [0.1, 0.15) is 11.7 Å². The van der Waals surface area contributed by atoms with Crippen molar-refractivity contribution in [1.82, 2.24) is 0 Å². The molecular weight excluding hydrogens is 220 g/mol. The van der Waals surface area contributed by atoms with Gasteiger partial charge in [0.05, 0.1) is 0 Å². The predicted octanol–water partition coefficient (Wildman–Crippen LogP) is 2.23. The summed E-state index contributed by atoms with van der Waals surface area (Å²) < 4.78 is 0. The van der Waals surface area contributed by atoms with E-state index in [2.05, 4.69) is 20.7 Å². The molecule has 0 radical (unpaired) electrons. The van der Waals surface area contributed by atoms with Gasteiger partial charge < -0.3 is 0 Å². The Hall–Kier alpha value is -2.24. The third kappa shape index (κ3) is 2.30. The molecule has 0 spiro atoms. The van der Waals surface area contributed by atoms with Crippen molar-refractivity contribution in [2.24, 2.45) is 26.6 Å². The zero-order valence-corrected chi connectivity index (χ0v) is 9.15. The van der Waals surface area contributed by atoms with E-state index < -0.39 is 12.1 Å². The van der Waals surface area contributed by atoms with Crippen LogP contribution in [0, 0.1) is 5.92 Å². The molecule has 86 valence electrons. The number of benzene rings is 1. The minimum absolute atomic E-state index is 0.288. The molecule has 17 heavy (non-hydrogen) atoms. The molecule has 1 aromatic rings. The van der Waals surface area contributed by atoms with Gasteiger partial charge in [-0.2, -0.15) is 0 Å². The van der Waals surface area contributed by atoms with E-state index in [0.717, 1.165) is 0 Å². The molecule has 1 unspecified atom stereocenters. The molecule has 1 atom stereocenters. The lowest BCUT2D eigenvalue weighted by Gasteiger charge is -2.12. The third-order valence-electron chi connectivity index (χ3n) is 2.46. The van der Waals surface area contributed by atoms with E-state index in [1.165, 1.54) is 6.92 Å². The summed E-state index contributed by atoms with van der Waals surface area (Å²) in [5, 5.41) is 14.0. The first-order chi connectivity index (χ1) is 8.20. The molecule has 0 amide bonds. The number of carbonyl (C=O) groups is 2.